The van der Waals surface area contributed by atoms with E-state index in [2.05, 4.69) is 10.2 Å². The third-order valence-corrected chi connectivity index (χ3v) is 7.42. The summed E-state index contributed by atoms with van der Waals surface area (Å²) >= 11 is 6.43. The number of halogens is 1. The lowest BCUT2D eigenvalue weighted by Gasteiger charge is -2.27. The maximum Gasteiger partial charge on any atom is 0.273 e. The predicted octanol–water partition coefficient (Wildman–Crippen LogP) is 7.07. The molecule has 6 nitrogen and oxygen atoms in total. The molecule has 0 fully saturated rings. The van der Waals surface area contributed by atoms with E-state index >= 15 is 0 Å². The van der Waals surface area contributed by atoms with Crippen LogP contribution in [0.3, 0.4) is 0 Å². The monoisotopic (exact) mass is 535 g/mol. The van der Waals surface area contributed by atoms with Crippen LogP contribution in [-0.4, -0.2) is 26.1 Å². The zero-order valence-corrected chi connectivity index (χ0v) is 22.0. The summed E-state index contributed by atoms with van der Waals surface area (Å²) in [5.41, 5.74) is 5.77. The van der Waals surface area contributed by atoms with Crippen LogP contribution in [0.5, 0.6) is 11.5 Å². The van der Waals surface area contributed by atoms with Crippen molar-refractivity contribution in [3.05, 3.63) is 136 Å². The quantitative estimate of drug-likeness (QED) is 0.234. The standard InChI is InChI=1S/C32H26ClN3O3/c1-20-15-27(37)25(17-26(20)33)29-28-30(35-34-29)32(38)36(18-21-9-4-2-5-10-21)31(28)23-13-8-14-24(16-23)39-19-22-11-6-3-7-12-22/h2-17,31,37H,18-19H2,1H3,(H,34,35). The number of hydrogen-bond acceptors (Lipinski definition) is 4. The molecule has 2 N–H and O–H groups in total. The second kappa shape index (κ2) is 10.3. The minimum Gasteiger partial charge on any atom is -0.507 e. The second-order valence-electron chi connectivity index (χ2n) is 9.65. The first kappa shape index (κ1) is 24.8. The van der Waals surface area contributed by atoms with E-state index in [-0.39, 0.29) is 11.7 Å². The van der Waals surface area contributed by atoms with Gasteiger partial charge in [-0.3, -0.25) is 9.89 Å². The highest BCUT2D eigenvalue weighted by Gasteiger charge is 2.42. The molecule has 0 spiro atoms. The molecule has 1 aromatic heterocycles. The van der Waals surface area contributed by atoms with Gasteiger partial charge in [0.05, 0.1) is 6.04 Å². The number of benzene rings is 4. The minimum atomic E-state index is -0.457. The molecule has 2 heterocycles. The number of nitrogens with one attached hydrogen (secondary N) is 1. The van der Waals surface area contributed by atoms with Crippen molar-refractivity contribution < 1.29 is 14.6 Å². The van der Waals surface area contributed by atoms with Gasteiger partial charge in [0.2, 0.25) is 0 Å². The maximum absolute atomic E-state index is 13.8. The number of aromatic amines is 1. The van der Waals surface area contributed by atoms with E-state index in [4.69, 9.17) is 16.3 Å². The number of aromatic nitrogens is 2. The molecule has 1 aliphatic heterocycles. The van der Waals surface area contributed by atoms with Gasteiger partial charge in [-0.25, -0.2) is 0 Å². The van der Waals surface area contributed by atoms with Gasteiger partial charge in [-0.1, -0.05) is 84.4 Å². The fourth-order valence-corrected chi connectivity index (χ4v) is 5.23. The molecule has 0 bridgehead atoms. The molecular weight excluding hydrogens is 510 g/mol. The molecule has 4 aromatic carbocycles. The van der Waals surface area contributed by atoms with Crippen molar-refractivity contribution in [1.29, 1.82) is 0 Å². The Labute approximate surface area is 231 Å². The van der Waals surface area contributed by atoms with Gasteiger partial charge in [-0.15, -0.1) is 0 Å². The molecule has 5 aromatic rings. The van der Waals surface area contributed by atoms with E-state index in [1.54, 1.807) is 12.1 Å². The molecule has 7 heteroatoms. The number of phenolic OH excluding ortho intramolecular Hbond substituents is 1. The van der Waals surface area contributed by atoms with Crippen LogP contribution in [0.15, 0.2) is 97.1 Å². The number of aromatic hydroxyl groups is 1. The van der Waals surface area contributed by atoms with Crippen LogP contribution in [0, 0.1) is 6.92 Å². The Bertz CT molecular complexity index is 1650. The van der Waals surface area contributed by atoms with E-state index in [9.17, 15) is 9.90 Å². The van der Waals surface area contributed by atoms with Crippen LogP contribution >= 0.6 is 11.6 Å². The molecule has 1 atom stereocenters. The molecule has 1 aliphatic rings. The summed E-state index contributed by atoms with van der Waals surface area (Å²) in [4.78, 5) is 15.6. The Kier molecular flexibility index (Phi) is 6.55. The van der Waals surface area contributed by atoms with Gasteiger partial charge in [0.15, 0.2) is 0 Å². The number of nitrogens with zero attached hydrogens (tertiary/aromatic N) is 2. The Hall–Kier alpha value is -4.55. The number of hydrogen-bond donors (Lipinski definition) is 2. The van der Waals surface area contributed by atoms with Crippen LogP contribution in [0.25, 0.3) is 11.3 Å². The SMILES string of the molecule is Cc1cc(O)c(-c2n[nH]c3c2C(c2cccc(OCc4ccccc4)c2)N(Cc2ccccc2)C3=O)cc1Cl. The number of rotatable bonds is 7. The smallest absolute Gasteiger partial charge is 0.273 e. The summed E-state index contributed by atoms with van der Waals surface area (Å²) in [5, 5.41) is 18.8. The van der Waals surface area contributed by atoms with Gasteiger partial charge in [-0.05, 0) is 53.4 Å². The highest BCUT2D eigenvalue weighted by Crippen LogP contribution is 2.46. The van der Waals surface area contributed by atoms with E-state index in [0.29, 0.717) is 46.4 Å². The lowest BCUT2D eigenvalue weighted by molar-refractivity contribution is 0.0730. The summed E-state index contributed by atoms with van der Waals surface area (Å²) in [6.45, 7) is 2.66. The van der Waals surface area contributed by atoms with Crippen LogP contribution in [0.1, 0.15) is 44.3 Å². The number of aryl methyl sites for hydroxylation is 1. The summed E-state index contributed by atoms with van der Waals surface area (Å²) in [6.07, 6.45) is 0. The van der Waals surface area contributed by atoms with Crippen molar-refractivity contribution in [2.75, 3.05) is 0 Å². The van der Waals surface area contributed by atoms with Crippen molar-refractivity contribution in [1.82, 2.24) is 15.1 Å². The molecule has 1 amide bonds. The average Bonchev–Trinajstić information content (AvgIpc) is 3.49. The first-order valence-electron chi connectivity index (χ1n) is 12.7. The Morgan fingerprint density at radius 3 is 2.41 bits per heavy atom. The largest absolute Gasteiger partial charge is 0.507 e. The maximum atomic E-state index is 13.8. The number of amides is 1. The molecule has 0 saturated carbocycles. The highest BCUT2D eigenvalue weighted by molar-refractivity contribution is 6.31. The van der Waals surface area contributed by atoms with Crippen molar-refractivity contribution >= 4 is 17.5 Å². The minimum absolute atomic E-state index is 0.0545. The van der Waals surface area contributed by atoms with Gasteiger partial charge in [0, 0.05) is 22.7 Å². The number of fused-ring (bicyclic) bond motifs is 1. The van der Waals surface area contributed by atoms with Crippen LogP contribution in [0.4, 0.5) is 0 Å². The normalized spacial score (nSPS) is 14.5. The molecule has 1 unspecified atom stereocenters. The van der Waals surface area contributed by atoms with Crippen LogP contribution in [0.2, 0.25) is 5.02 Å². The third kappa shape index (κ3) is 4.75. The van der Waals surface area contributed by atoms with Crippen LogP contribution in [-0.2, 0) is 13.2 Å². The van der Waals surface area contributed by atoms with Crippen molar-refractivity contribution in [2.24, 2.45) is 0 Å². The Morgan fingerprint density at radius 1 is 0.949 bits per heavy atom. The summed E-state index contributed by atoms with van der Waals surface area (Å²) in [6, 6.07) is 30.5. The molecule has 0 saturated heterocycles. The Morgan fingerprint density at radius 2 is 1.67 bits per heavy atom. The van der Waals surface area contributed by atoms with Gasteiger partial charge >= 0.3 is 0 Å². The molecule has 6 rings (SSSR count). The first-order valence-corrected chi connectivity index (χ1v) is 13.1. The number of carbonyl (C=O) groups excluding carboxylic acids is 1. The number of H-pyrrole nitrogens is 1. The van der Waals surface area contributed by atoms with Gasteiger partial charge in [-0.2, -0.15) is 5.10 Å². The van der Waals surface area contributed by atoms with E-state index in [1.165, 1.54) is 0 Å². The predicted molar refractivity (Wildman–Crippen MR) is 151 cm³/mol. The first-order chi connectivity index (χ1) is 19.0. The summed E-state index contributed by atoms with van der Waals surface area (Å²) < 4.78 is 6.12. The average molecular weight is 536 g/mol. The number of phenols is 1. The molecule has 194 valence electrons. The van der Waals surface area contributed by atoms with Crippen molar-refractivity contribution in [3.8, 4) is 22.8 Å². The lowest BCUT2D eigenvalue weighted by Crippen LogP contribution is -2.29. The zero-order chi connectivity index (χ0) is 26.9. The fraction of sp³-hybridized carbons (Fsp3) is 0.125. The summed E-state index contributed by atoms with van der Waals surface area (Å²) in [5.74, 6) is 0.591. The van der Waals surface area contributed by atoms with Crippen LogP contribution < -0.4 is 4.74 Å². The van der Waals surface area contributed by atoms with Gasteiger partial charge < -0.3 is 14.7 Å². The van der Waals surface area contributed by atoms with E-state index in [0.717, 1.165) is 22.3 Å². The topological polar surface area (TPSA) is 78.5 Å². The summed E-state index contributed by atoms with van der Waals surface area (Å²) in [7, 11) is 0. The number of ether oxygens (including phenoxy) is 1. The zero-order valence-electron chi connectivity index (χ0n) is 21.3. The van der Waals surface area contributed by atoms with Gasteiger partial charge in [0.1, 0.15) is 29.5 Å². The van der Waals surface area contributed by atoms with Crippen molar-refractivity contribution in [2.45, 2.75) is 26.1 Å². The Balaban J connectivity index is 1.44. The highest BCUT2D eigenvalue weighted by atomic mass is 35.5. The molecule has 0 radical (unpaired) electrons. The van der Waals surface area contributed by atoms with E-state index < -0.39 is 6.04 Å². The van der Waals surface area contributed by atoms with E-state index in [1.807, 2.05) is 96.8 Å². The van der Waals surface area contributed by atoms with Gasteiger partial charge in [0.25, 0.3) is 5.91 Å². The number of carbonyl (C=O) groups is 1. The molecule has 39 heavy (non-hydrogen) atoms. The lowest BCUT2D eigenvalue weighted by atomic mass is 9.95. The second-order valence-corrected chi connectivity index (χ2v) is 10.1. The van der Waals surface area contributed by atoms with Crippen molar-refractivity contribution in [3.63, 3.8) is 0 Å². The third-order valence-electron chi connectivity index (χ3n) is 7.01. The molecular formula is C32H26ClN3O3. The fourth-order valence-electron chi connectivity index (χ4n) is 5.06. The molecule has 0 aliphatic carbocycles.